The molecule has 0 aliphatic rings. The van der Waals surface area contributed by atoms with Gasteiger partial charge in [-0.25, -0.2) is 4.57 Å². The van der Waals surface area contributed by atoms with E-state index >= 15 is 0 Å². The Hall–Kier alpha value is -0.260. The lowest BCUT2D eigenvalue weighted by Crippen LogP contribution is -2.80. The Bertz CT molecular complexity index is 518. The van der Waals surface area contributed by atoms with Crippen molar-refractivity contribution in [1.82, 2.24) is 0 Å². The van der Waals surface area contributed by atoms with Gasteiger partial charge in [-0.2, -0.15) is 0 Å². The smallest absolute Gasteiger partial charge is 0.347 e. The normalized spacial score (nSPS) is 14.2. The fourth-order valence-electron chi connectivity index (χ4n) is 4.45. The van der Waals surface area contributed by atoms with Crippen LogP contribution in [0.25, 0.3) is 0 Å². The number of Topliss-reactive ketones (excluding diaryl/α,β-unsaturated/α-hetero) is 1. The molecule has 0 saturated carbocycles. The van der Waals surface area contributed by atoms with Crippen molar-refractivity contribution in [3.8, 4) is 0 Å². The third-order valence-electron chi connectivity index (χ3n) is 6.65. The van der Waals surface area contributed by atoms with Crippen molar-refractivity contribution in [2.75, 3.05) is 26.8 Å². The zero-order chi connectivity index (χ0) is 26.0. The summed E-state index contributed by atoms with van der Waals surface area (Å²) < 4.78 is 22.2. The van der Waals surface area contributed by atoms with E-state index in [9.17, 15) is 14.3 Å². The summed E-state index contributed by atoms with van der Waals surface area (Å²) >= 11 is 0. The molecule has 0 spiro atoms. The van der Waals surface area contributed by atoms with E-state index in [0.29, 0.717) is 19.4 Å². The maximum Gasteiger partial charge on any atom is 0.472 e. The molecule has 0 heterocycles. The van der Waals surface area contributed by atoms with Crippen molar-refractivity contribution in [2.24, 2.45) is 5.92 Å². The lowest BCUT2D eigenvalue weighted by atomic mass is 9.94. The van der Waals surface area contributed by atoms with E-state index < -0.39 is 7.82 Å². The minimum absolute atomic E-state index is 0.0116. The molecule has 2 atom stereocenters. The fraction of sp³-hybridized carbons (Fsp3) is 0.964. The van der Waals surface area contributed by atoms with Gasteiger partial charge in [-0.05, 0) is 18.8 Å². The van der Waals surface area contributed by atoms with E-state index in [0.717, 1.165) is 25.7 Å². The van der Waals surface area contributed by atoms with Gasteiger partial charge in [-0.1, -0.05) is 117 Å². The second-order valence-electron chi connectivity index (χ2n) is 10.2. The number of hydrogen-bond donors (Lipinski definition) is 2. The number of likely N-dealkylation sites (N-methyl/N-ethyl adjacent to an activating group) is 1. The third kappa shape index (κ3) is 25.2. The lowest BCUT2D eigenvalue weighted by Gasteiger charge is -2.18. The van der Waals surface area contributed by atoms with Crippen molar-refractivity contribution < 1.29 is 28.6 Å². The highest BCUT2D eigenvalue weighted by Gasteiger charge is 2.24. The minimum Gasteiger partial charge on any atom is -0.347 e. The molecule has 6 nitrogen and oxygen atoms in total. The predicted molar refractivity (Wildman–Crippen MR) is 147 cm³/mol. The van der Waals surface area contributed by atoms with Crippen molar-refractivity contribution >= 4 is 13.6 Å². The van der Waals surface area contributed by atoms with E-state index in [1.807, 2.05) is 19.3 Å². The van der Waals surface area contributed by atoms with Gasteiger partial charge >= 0.3 is 7.82 Å². The van der Waals surface area contributed by atoms with Crippen molar-refractivity contribution in [3.05, 3.63) is 0 Å². The van der Waals surface area contributed by atoms with Gasteiger partial charge in [-0.15, -0.1) is 0 Å². The molecule has 2 unspecified atom stereocenters. The summed E-state index contributed by atoms with van der Waals surface area (Å²) in [6.45, 7) is 5.15. The molecule has 0 fully saturated rings. The van der Waals surface area contributed by atoms with Gasteiger partial charge in [0.05, 0.1) is 20.2 Å². The molecule has 210 valence electrons. The molecule has 0 amide bonds. The topological polar surface area (TPSA) is 89.4 Å². The zero-order valence-electron chi connectivity index (χ0n) is 23.4. The predicted octanol–water partition coefficient (Wildman–Crippen LogP) is 7.34. The number of unbranched alkanes of at least 4 members (excludes halogenated alkanes) is 15. The molecule has 35 heavy (non-hydrogen) atoms. The van der Waals surface area contributed by atoms with Gasteiger partial charge in [-0.3, -0.25) is 13.8 Å². The zero-order valence-corrected chi connectivity index (χ0v) is 24.3. The third-order valence-corrected chi connectivity index (χ3v) is 7.63. The van der Waals surface area contributed by atoms with Crippen LogP contribution in [0.15, 0.2) is 0 Å². The summed E-state index contributed by atoms with van der Waals surface area (Å²) in [6.07, 6.45) is 24.0. The molecular weight excluding hydrogens is 461 g/mol. The Kier molecular flexibility index (Phi) is 25.2. The van der Waals surface area contributed by atoms with E-state index in [1.165, 1.54) is 89.9 Å². The Balaban J connectivity index is 3.85. The first-order valence-corrected chi connectivity index (χ1v) is 16.4. The largest absolute Gasteiger partial charge is 0.472 e. The highest BCUT2D eigenvalue weighted by atomic mass is 31.2. The average Bonchev–Trinajstić information content (AvgIpc) is 2.82. The molecule has 0 aliphatic carbocycles. The highest BCUT2D eigenvalue weighted by Crippen LogP contribution is 2.43. The Morgan fingerprint density at radius 3 is 1.71 bits per heavy atom. The Morgan fingerprint density at radius 2 is 1.26 bits per heavy atom. The van der Waals surface area contributed by atoms with Crippen LogP contribution in [-0.4, -0.2) is 37.5 Å². The number of phosphoric acid groups is 1. The van der Waals surface area contributed by atoms with Crippen LogP contribution in [0, 0.1) is 5.92 Å². The monoisotopic (exact) mass is 520 g/mol. The van der Waals surface area contributed by atoms with Gasteiger partial charge in [0.15, 0.2) is 0 Å². The Morgan fingerprint density at radius 1 is 0.771 bits per heavy atom. The number of nitrogens with two attached hydrogens (primary N) is 1. The van der Waals surface area contributed by atoms with E-state index in [1.54, 1.807) is 0 Å². The number of ketones is 1. The molecule has 3 N–H and O–H groups in total. The van der Waals surface area contributed by atoms with Crippen LogP contribution in [0.5, 0.6) is 0 Å². The van der Waals surface area contributed by atoms with Crippen LogP contribution in [0.2, 0.25) is 0 Å². The van der Waals surface area contributed by atoms with Gasteiger partial charge < -0.3 is 10.2 Å². The van der Waals surface area contributed by atoms with Crippen LogP contribution in [-0.2, 0) is 18.4 Å². The number of quaternary nitrogens is 1. The number of rotatable bonds is 28. The van der Waals surface area contributed by atoms with Crippen molar-refractivity contribution in [3.63, 3.8) is 0 Å². The quantitative estimate of drug-likeness (QED) is 0.0832. The molecule has 0 aromatic rings. The molecule has 0 aliphatic heterocycles. The Labute approximate surface area is 217 Å². The van der Waals surface area contributed by atoms with Gasteiger partial charge in [0.25, 0.3) is 0 Å². The SMILES string of the molecule is CCCCCCCCCCCCCCCCCCC(COP(=O)(O)OCC[NH2+]C)CC(=O)CCC. The first-order chi connectivity index (χ1) is 16.9. The summed E-state index contributed by atoms with van der Waals surface area (Å²) in [4.78, 5) is 22.0. The minimum atomic E-state index is -4.04. The van der Waals surface area contributed by atoms with Crippen LogP contribution in [0.3, 0.4) is 0 Å². The van der Waals surface area contributed by atoms with Crippen molar-refractivity contribution in [2.45, 2.75) is 142 Å². The average molecular weight is 521 g/mol. The molecule has 0 aromatic heterocycles. The molecular formula is C28H59NO5P+. The first-order valence-electron chi connectivity index (χ1n) is 14.9. The van der Waals surface area contributed by atoms with Crippen molar-refractivity contribution in [1.29, 1.82) is 0 Å². The molecule has 0 aromatic carbocycles. The summed E-state index contributed by atoms with van der Waals surface area (Å²) in [5.74, 6) is 0.203. The van der Waals surface area contributed by atoms with Crippen LogP contribution < -0.4 is 5.32 Å². The van der Waals surface area contributed by atoms with Gasteiger partial charge in [0.1, 0.15) is 12.4 Å². The maximum absolute atomic E-state index is 12.1. The summed E-state index contributed by atoms with van der Waals surface area (Å²) in [5, 5.41) is 1.88. The number of carbonyl (C=O) groups excluding carboxylic acids is 1. The second-order valence-corrected chi connectivity index (χ2v) is 11.7. The second kappa shape index (κ2) is 25.4. The van der Waals surface area contributed by atoms with Crippen LogP contribution in [0.4, 0.5) is 0 Å². The standard InChI is InChI=1S/C28H58NO5P/c1-4-6-7-8-9-10-11-12-13-14-15-16-17-18-19-20-22-27(25-28(30)21-5-2)26-34-35(31,32)33-24-23-29-3/h27,29H,4-26H2,1-3H3,(H,31,32)/p+1. The van der Waals surface area contributed by atoms with E-state index in [-0.39, 0.29) is 24.9 Å². The number of phosphoric ester groups is 1. The van der Waals surface area contributed by atoms with Gasteiger partial charge in [0, 0.05) is 12.8 Å². The fourth-order valence-corrected chi connectivity index (χ4v) is 5.26. The summed E-state index contributed by atoms with van der Waals surface area (Å²) in [7, 11) is -2.17. The van der Waals surface area contributed by atoms with Crippen LogP contribution >= 0.6 is 7.82 Å². The molecule has 0 rings (SSSR count). The van der Waals surface area contributed by atoms with E-state index in [4.69, 9.17) is 9.05 Å². The highest BCUT2D eigenvalue weighted by molar-refractivity contribution is 7.47. The van der Waals surface area contributed by atoms with Crippen LogP contribution in [0.1, 0.15) is 142 Å². The van der Waals surface area contributed by atoms with E-state index in [2.05, 4.69) is 6.92 Å². The maximum atomic E-state index is 12.1. The van der Waals surface area contributed by atoms with Gasteiger partial charge in [0.2, 0.25) is 0 Å². The molecule has 0 bridgehead atoms. The molecule has 0 radical (unpaired) electrons. The number of carbonyl (C=O) groups is 1. The summed E-state index contributed by atoms with van der Waals surface area (Å²) in [5.41, 5.74) is 0. The number of hydrogen-bond acceptors (Lipinski definition) is 4. The first kappa shape index (κ1) is 34.7. The molecule has 0 saturated heterocycles. The lowest BCUT2D eigenvalue weighted by molar-refractivity contribution is -0.627. The summed E-state index contributed by atoms with van der Waals surface area (Å²) in [6, 6.07) is 0. The molecule has 7 heteroatoms.